The van der Waals surface area contributed by atoms with Crippen molar-refractivity contribution in [3.05, 3.63) is 16.3 Å². The molecule has 0 radical (unpaired) electrons. The van der Waals surface area contributed by atoms with Crippen molar-refractivity contribution in [2.45, 2.75) is 13.8 Å². The Balaban J connectivity index is 2.72. The molecule has 8 heteroatoms. The number of anilines is 1. The number of ether oxygens (including phenoxy) is 1. The second kappa shape index (κ2) is 6.14. The van der Waals surface area contributed by atoms with Crippen LogP contribution in [0.15, 0.2) is 6.20 Å². The summed E-state index contributed by atoms with van der Waals surface area (Å²) in [4.78, 5) is 26.9. The summed E-state index contributed by atoms with van der Waals surface area (Å²) in [6, 6.07) is 0. The number of rotatable bonds is 6. The number of aromatic nitrogens is 1. The van der Waals surface area contributed by atoms with Gasteiger partial charge in [-0.2, -0.15) is 0 Å². The van der Waals surface area contributed by atoms with E-state index in [4.69, 9.17) is 4.74 Å². The lowest BCUT2D eigenvalue weighted by molar-refractivity contribution is -0.380. The fourth-order valence-electron chi connectivity index (χ4n) is 1.16. The fraction of sp³-hybridized carbons (Fsp3) is 0.556. The summed E-state index contributed by atoms with van der Waals surface area (Å²) >= 11 is 0.942. The van der Waals surface area contributed by atoms with E-state index >= 15 is 0 Å². The van der Waals surface area contributed by atoms with Crippen LogP contribution in [0.5, 0.6) is 0 Å². The number of carbonyl (C=O) groups is 1. The van der Waals surface area contributed by atoms with Crippen molar-refractivity contribution < 1.29 is 14.5 Å². The fourth-order valence-corrected chi connectivity index (χ4v) is 1.96. The third kappa shape index (κ3) is 3.66. The Bertz CT molecular complexity index is 407. The number of nitrogens with zero attached hydrogens (tertiary/aromatic N) is 3. The quantitative estimate of drug-likeness (QED) is 0.436. The molecule has 0 saturated heterocycles. The molecule has 1 aromatic rings. The van der Waals surface area contributed by atoms with Gasteiger partial charge in [-0.05, 0) is 25.2 Å². The zero-order valence-electron chi connectivity index (χ0n) is 9.58. The minimum atomic E-state index is -0.501. The van der Waals surface area contributed by atoms with Gasteiger partial charge >= 0.3 is 11.0 Å². The molecular formula is C9H13N3O4S. The number of thiazole rings is 1. The Morgan fingerprint density at radius 2 is 2.35 bits per heavy atom. The lowest BCUT2D eigenvalue weighted by Crippen LogP contribution is -2.30. The topological polar surface area (TPSA) is 85.6 Å². The first kappa shape index (κ1) is 13.4. The smallest absolute Gasteiger partial charge is 0.345 e. The summed E-state index contributed by atoms with van der Waals surface area (Å²) in [6.45, 7) is 4.46. The van der Waals surface area contributed by atoms with E-state index in [1.165, 1.54) is 6.20 Å². The number of carbonyl (C=O) groups excluding carboxylic acids is 1. The minimum absolute atomic E-state index is 0.0395. The Morgan fingerprint density at radius 1 is 1.65 bits per heavy atom. The van der Waals surface area contributed by atoms with Crippen molar-refractivity contribution in [3.8, 4) is 0 Å². The van der Waals surface area contributed by atoms with Crippen molar-refractivity contribution in [2.75, 3.05) is 24.6 Å². The summed E-state index contributed by atoms with van der Waals surface area (Å²) in [7, 11) is 0. The summed E-state index contributed by atoms with van der Waals surface area (Å²) in [5.41, 5.74) is 0. The van der Waals surface area contributed by atoms with Crippen LogP contribution in [-0.2, 0) is 9.53 Å². The maximum Gasteiger partial charge on any atom is 0.345 e. The highest BCUT2D eigenvalue weighted by Crippen LogP contribution is 2.27. The summed E-state index contributed by atoms with van der Waals surface area (Å²) in [6.07, 6.45) is 1.19. The number of hydrogen-bond acceptors (Lipinski definition) is 7. The molecule has 0 aromatic carbocycles. The van der Waals surface area contributed by atoms with Gasteiger partial charge in [-0.15, -0.1) is 0 Å². The summed E-state index contributed by atoms with van der Waals surface area (Å²) in [5.74, 6) is -0.368. The van der Waals surface area contributed by atoms with Crippen LogP contribution in [0.1, 0.15) is 13.8 Å². The molecule has 1 heterocycles. The van der Waals surface area contributed by atoms with E-state index < -0.39 is 4.92 Å². The molecule has 7 nitrogen and oxygen atoms in total. The summed E-state index contributed by atoms with van der Waals surface area (Å²) < 4.78 is 4.81. The Kier molecular flexibility index (Phi) is 4.83. The minimum Gasteiger partial charge on any atom is -0.465 e. The van der Waals surface area contributed by atoms with Crippen LogP contribution >= 0.6 is 11.3 Å². The molecule has 0 bridgehead atoms. The second-order valence-electron chi connectivity index (χ2n) is 3.06. The molecule has 0 spiro atoms. The molecule has 0 aliphatic carbocycles. The number of esters is 1. The maximum atomic E-state index is 11.3. The number of likely N-dealkylation sites (N-methyl/N-ethyl adjacent to an activating group) is 1. The van der Waals surface area contributed by atoms with Crippen LogP contribution in [0.2, 0.25) is 0 Å². The van der Waals surface area contributed by atoms with E-state index in [0.29, 0.717) is 18.3 Å². The molecule has 94 valence electrons. The van der Waals surface area contributed by atoms with Gasteiger partial charge in [0, 0.05) is 6.54 Å². The maximum absolute atomic E-state index is 11.3. The predicted molar refractivity (Wildman–Crippen MR) is 63.3 cm³/mol. The van der Waals surface area contributed by atoms with E-state index in [1.54, 1.807) is 11.8 Å². The number of nitro groups is 1. The van der Waals surface area contributed by atoms with Gasteiger partial charge in [0.15, 0.2) is 5.13 Å². The summed E-state index contributed by atoms with van der Waals surface area (Å²) in [5, 5.41) is 10.9. The molecule has 0 aliphatic rings. The van der Waals surface area contributed by atoms with Gasteiger partial charge < -0.3 is 9.64 Å². The monoisotopic (exact) mass is 259 g/mol. The molecule has 1 aromatic heterocycles. The lowest BCUT2D eigenvalue weighted by Gasteiger charge is -2.17. The van der Waals surface area contributed by atoms with Gasteiger partial charge in [0.05, 0.1) is 11.5 Å². The zero-order chi connectivity index (χ0) is 12.8. The SMILES string of the molecule is CCOC(=O)CN(CC)c1ncc([N+](=O)[O-])s1. The van der Waals surface area contributed by atoms with Gasteiger partial charge in [0.25, 0.3) is 0 Å². The van der Waals surface area contributed by atoms with Gasteiger partial charge in [-0.1, -0.05) is 0 Å². The standard InChI is InChI=1S/C9H13N3O4S/c1-3-11(6-8(13)16-4-2)9-10-5-7(17-9)12(14)15/h5H,3-4,6H2,1-2H3. The van der Waals surface area contributed by atoms with Gasteiger partial charge in [-0.3, -0.25) is 14.9 Å². The highest BCUT2D eigenvalue weighted by atomic mass is 32.1. The van der Waals surface area contributed by atoms with Crippen LogP contribution in [0, 0.1) is 10.1 Å². The molecule has 0 fully saturated rings. The molecule has 0 N–H and O–H groups in total. The van der Waals surface area contributed by atoms with E-state index in [1.807, 2.05) is 6.92 Å². The van der Waals surface area contributed by atoms with Crippen molar-refractivity contribution in [2.24, 2.45) is 0 Å². The average molecular weight is 259 g/mol. The number of hydrogen-bond donors (Lipinski definition) is 0. The van der Waals surface area contributed by atoms with Crippen molar-refractivity contribution in [1.82, 2.24) is 4.98 Å². The van der Waals surface area contributed by atoms with Gasteiger partial charge in [0.1, 0.15) is 12.7 Å². The van der Waals surface area contributed by atoms with Crippen LogP contribution in [0.3, 0.4) is 0 Å². The first-order chi connectivity index (χ1) is 8.08. The van der Waals surface area contributed by atoms with Crippen molar-refractivity contribution in [3.63, 3.8) is 0 Å². The molecule has 0 unspecified atom stereocenters. The first-order valence-corrected chi connectivity index (χ1v) is 5.90. The second-order valence-corrected chi connectivity index (χ2v) is 4.04. The van der Waals surface area contributed by atoms with Gasteiger partial charge in [0.2, 0.25) is 0 Å². The lowest BCUT2D eigenvalue weighted by atomic mass is 10.5. The van der Waals surface area contributed by atoms with Crippen LogP contribution in [-0.4, -0.2) is 35.6 Å². The van der Waals surface area contributed by atoms with Crippen LogP contribution < -0.4 is 4.90 Å². The van der Waals surface area contributed by atoms with E-state index in [2.05, 4.69) is 4.98 Å². The Hall–Kier alpha value is -1.70. The molecule has 1 rings (SSSR count). The van der Waals surface area contributed by atoms with Crippen LogP contribution in [0.25, 0.3) is 0 Å². The van der Waals surface area contributed by atoms with E-state index in [0.717, 1.165) is 11.3 Å². The van der Waals surface area contributed by atoms with Crippen molar-refractivity contribution >= 4 is 27.4 Å². The molecular weight excluding hydrogens is 246 g/mol. The highest BCUT2D eigenvalue weighted by molar-refractivity contribution is 7.18. The third-order valence-corrected chi connectivity index (χ3v) is 2.95. The van der Waals surface area contributed by atoms with E-state index in [-0.39, 0.29) is 17.5 Å². The largest absolute Gasteiger partial charge is 0.465 e. The predicted octanol–water partition coefficient (Wildman–Crippen LogP) is 1.44. The van der Waals surface area contributed by atoms with Gasteiger partial charge in [-0.25, -0.2) is 4.98 Å². The molecule has 17 heavy (non-hydrogen) atoms. The molecule has 0 amide bonds. The normalized spacial score (nSPS) is 10.0. The highest BCUT2D eigenvalue weighted by Gasteiger charge is 2.18. The third-order valence-electron chi connectivity index (χ3n) is 1.94. The van der Waals surface area contributed by atoms with Crippen molar-refractivity contribution in [1.29, 1.82) is 0 Å². The molecule has 0 saturated carbocycles. The average Bonchev–Trinajstić information content (AvgIpc) is 2.75. The van der Waals surface area contributed by atoms with Crippen LogP contribution in [0.4, 0.5) is 10.1 Å². The first-order valence-electron chi connectivity index (χ1n) is 5.09. The Morgan fingerprint density at radius 3 is 2.82 bits per heavy atom. The Labute approximate surface area is 102 Å². The van der Waals surface area contributed by atoms with E-state index in [9.17, 15) is 14.9 Å². The molecule has 0 atom stereocenters. The zero-order valence-corrected chi connectivity index (χ0v) is 10.4. The molecule has 0 aliphatic heterocycles.